The number of rotatable bonds is 31. The van der Waals surface area contributed by atoms with Crippen LogP contribution in [-0.4, -0.2) is 122 Å². The molecule has 0 saturated heterocycles. The first-order chi connectivity index (χ1) is 67.1. The number of benzene rings is 5. The predicted octanol–water partition coefficient (Wildman–Crippen LogP) is 33.4. The Hall–Kier alpha value is -7.62. The SMILES string of the molecule is CCC(C)(C)C(=O)C=C(O)C(C)(C)CC.CCC(C)(C)C(=O)C=C(O)C(C)(C)CC.CCC(C)(C)C(=O)C=C(O)C(C)(C)CC.CCC(C)(C)C(=O)C=C(O)C(C)(C)CC.Cc1[c-]c(Oc2cc3c(C(C)C)c[se]c3cn2)cc(C)c1.Cc1[c-]c(Oc2cc3cc(-c4ccccc4)[se]c3cn2)cc(C)c1.Cc1[c-]c(Oc2cc3cc(C(C)C)[se]c3cn2)cc(C)c1.Cc1[c-]c(Oc2cc3cc[se]c3cn2)cc(C)c1.[Ir].[Ir].[Ir].[Ir]. The van der Waals surface area contributed by atoms with Crippen LogP contribution in [0.5, 0.6) is 46.5 Å². The van der Waals surface area contributed by atoms with Crippen molar-refractivity contribution in [1.29, 1.82) is 0 Å². The van der Waals surface area contributed by atoms with Crippen molar-refractivity contribution < 1.29 is 139 Å². The molecule has 0 unspecified atom stereocenters. The van der Waals surface area contributed by atoms with E-state index in [2.05, 4.69) is 182 Å². The van der Waals surface area contributed by atoms with Crippen molar-refractivity contribution in [2.45, 2.75) is 312 Å². The van der Waals surface area contributed by atoms with Crippen LogP contribution in [0.15, 0.2) is 203 Å². The molecule has 0 aliphatic carbocycles. The second-order valence-electron chi connectivity index (χ2n) is 42.9. The summed E-state index contributed by atoms with van der Waals surface area (Å²) in [5.74, 6) is 7.39. The number of aliphatic hydroxyl groups excluding tert-OH is 4. The van der Waals surface area contributed by atoms with Gasteiger partial charge in [0.05, 0.1) is 0 Å². The summed E-state index contributed by atoms with van der Waals surface area (Å²) < 4.78 is 31.7. The van der Waals surface area contributed by atoms with Crippen molar-refractivity contribution in [3.05, 3.63) is 282 Å². The van der Waals surface area contributed by atoms with Gasteiger partial charge in [-0.25, -0.2) is 0 Å². The Morgan fingerprint density at radius 1 is 0.331 bits per heavy atom. The van der Waals surface area contributed by atoms with Crippen LogP contribution in [0, 0.1) is 123 Å². The predicted molar refractivity (Wildman–Crippen MR) is 603 cm³/mol. The van der Waals surface area contributed by atoms with E-state index < -0.39 is 0 Å². The second-order valence-corrected chi connectivity index (χ2v) is 51.5. The minimum Gasteiger partial charge on any atom is 0 e. The average Bonchev–Trinajstić information content (AvgIpc) is 1.66. The van der Waals surface area contributed by atoms with Gasteiger partial charge in [-0.15, -0.1) is 0 Å². The Balaban J connectivity index is 0.000000574. The number of pyridine rings is 4. The molecule has 5 aromatic carbocycles. The molecule has 0 aliphatic heterocycles. The summed E-state index contributed by atoms with van der Waals surface area (Å²) in [6.07, 6.45) is 19.7. The van der Waals surface area contributed by atoms with E-state index in [-0.39, 0.29) is 170 Å². The van der Waals surface area contributed by atoms with Crippen LogP contribution < -0.4 is 18.9 Å². The Morgan fingerprint density at radius 2 is 0.615 bits per heavy atom. The molecule has 13 rings (SSSR count). The van der Waals surface area contributed by atoms with Crippen molar-refractivity contribution in [1.82, 2.24) is 19.9 Å². The fourth-order valence-corrected chi connectivity index (χ4v) is 21.0. The third-order valence-electron chi connectivity index (χ3n) is 26.7. The van der Waals surface area contributed by atoms with Gasteiger partial charge in [0, 0.05) is 148 Å². The van der Waals surface area contributed by atoms with E-state index in [0.29, 0.717) is 93.4 Å². The summed E-state index contributed by atoms with van der Waals surface area (Å²) in [7, 11) is 0. The molecule has 148 heavy (non-hydrogen) atoms. The molecule has 0 aliphatic rings. The number of nitrogens with zero attached hydrogens (tertiary/aromatic N) is 4. The molecule has 24 heteroatoms. The smallest absolute Gasteiger partial charge is 0 e. The van der Waals surface area contributed by atoms with E-state index in [9.17, 15) is 39.6 Å². The number of allylic oxidation sites excluding steroid dienone is 8. The fraction of sp³-hybridized carbons (Fsp3) is 0.435. The standard InChI is InChI=1S/C21H16NOSe.2C18H18NOSe.C15H12NOSe.4C13H24O2.4Ir/c1-14-8-15(2)10-18(9-14)23-21-12-17-11-19(24-20(17)13-22-21)16-6-4-3-5-7-16;1-11(2)16-8-14-9-18(19-10-17(14)21-16)20-15-6-12(3)5-13(4)7-15;1-11(2)16-10-21-17-9-19-18(8-15(16)17)20-14-6-12(3)5-13(4)7-14;1-10-5-11(2)7-13(6-10)17-15-8-12-3-4-18-14(12)9-16-15;4*1-7-12(3,4)10(14)9-11(15)13(5,6)8-2;;;;/h3-9,11-13H,1-2H3;2*5-6,8-11H,1-4H3;3-6,8-9H,1-2H3;4*9,14H,7-8H2,1-6H3;;;;/q4*-1;;;;;;;;. The van der Waals surface area contributed by atoms with Crippen LogP contribution in [0.4, 0.5) is 0 Å². The summed E-state index contributed by atoms with van der Waals surface area (Å²) in [4.78, 5) is 69.6. The van der Waals surface area contributed by atoms with Gasteiger partial charge in [0.2, 0.25) is 0 Å². The summed E-state index contributed by atoms with van der Waals surface area (Å²) in [6.45, 7) is 71.9. The molecule has 0 fully saturated rings. The largest absolute Gasteiger partial charge is 0 e. The molecule has 812 valence electrons. The summed E-state index contributed by atoms with van der Waals surface area (Å²) in [5.41, 5.74) is 8.97. The van der Waals surface area contributed by atoms with Crippen LogP contribution in [0.3, 0.4) is 0 Å². The zero-order valence-corrected chi connectivity index (χ0v) is 110. The van der Waals surface area contributed by atoms with Gasteiger partial charge in [0.1, 0.15) is 23.0 Å². The zero-order valence-electron chi connectivity index (χ0n) is 93.9. The Kier molecular flexibility index (Phi) is 56.7. The number of aryl methyl sites for hydroxylation is 8. The Labute approximate surface area is 963 Å². The number of aliphatic hydroxyl groups is 4. The molecule has 16 nitrogen and oxygen atoms in total. The van der Waals surface area contributed by atoms with E-state index in [1.54, 1.807) is 0 Å². The molecule has 4 radical (unpaired) electrons. The molecule has 0 saturated carbocycles. The third-order valence-corrected chi connectivity index (χ3v) is 35.8. The maximum Gasteiger partial charge on any atom is 0 e. The molecule has 8 heterocycles. The number of hydrogen-bond acceptors (Lipinski definition) is 16. The maximum atomic E-state index is 11.8. The van der Waals surface area contributed by atoms with Crippen molar-refractivity contribution in [2.75, 3.05) is 0 Å². The molecule has 0 bridgehead atoms. The number of ether oxygens (including phenoxy) is 4. The topological polar surface area (TPSA) is 238 Å². The van der Waals surface area contributed by atoms with Gasteiger partial charge in [-0.1, -0.05) is 166 Å². The third kappa shape index (κ3) is 42.7. The van der Waals surface area contributed by atoms with E-state index in [1.165, 1.54) is 99.6 Å². The number of ketones is 4. The first kappa shape index (κ1) is 136. The first-order valence-corrected chi connectivity index (χ1v) is 57.3. The molecule has 13 aromatic rings. The molecular weight excluding hydrogens is 2820 g/mol. The van der Waals surface area contributed by atoms with E-state index in [0.717, 1.165) is 102 Å². The van der Waals surface area contributed by atoms with Gasteiger partial charge in [0.25, 0.3) is 0 Å². The van der Waals surface area contributed by atoms with Crippen LogP contribution >= 0.6 is 0 Å². The molecule has 0 amide bonds. The second kappa shape index (κ2) is 61.5. The van der Waals surface area contributed by atoms with Crippen molar-refractivity contribution in [3.8, 4) is 56.5 Å². The van der Waals surface area contributed by atoms with Gasteiger partial charge in [-0.3, -0.25) is 19.2 Å². The number of fused-ring (bicyclic) bond motifs is 4. The normalized spacial score (nSPS) is 12.0. The fourth-order valence-electron chi connectivity index (χ4n) is 12.9. The minimum atomic E-state index is -0.377. The van der Waals surface area contributed by atoms with Crippen molar-refractivity contribution in [3.63, 3.8) is 0 Å². The Bertz CT molecular complexity index is 6290. The molecule has 8 aromatic heterocycles. The number of aromatic nitrogens is 4. The maximum absolute atomic E-state index is 11.8. The van der Waals surface area contributed by atoms with Crippen molar-refractivity contribution >= 4 is 120 Å². The molecule has 4 N–H and O–H groups in total. The summed E-state index contributed by atoms with van der Waals surface area (Å²) in [6, 6.07) is 54.5. The summed E-state index contributed by atoms with van der Waals surface area (Å²) in [5, 5.41) is 44.4. The monoisotopic (exact) mass is 2990 g/mol. The van der Waals surface area contributed by atoms with Crippen LogP contribution in [0.1, 0.15) is 312 Å². The number of carbonyl (C=O) groups is 4. The Morgan fingerprint density at radius 3 is 0.912 bits per heavy atom. The first-order valence-electron chi connectivity index (χ1n) is 50.2. The average molecular weight is 2980 g/mol. The van der Waals surface area contributed by atoms with Gasteiger partial charge in [-0.05, 0) is 51.4 Å². The molecule has 0 spiro atoms. The number of hydrogen-bond donors (Lipinski definition) is 4. The van der Waals surface area contributed by atoms with Crippen molar-refractivity contribution in [2.24, 2.45) is 43.3 Å². The minimum absolute atomic E-state index is 0. The summed E-state index contributed by atoms with van der Waals surface area (Å²) >= 11 is 1.56. The van der Waals surface area contributed by atoms with E-state index >= 15 is 0 Å². The van der Waals surface area contributed by atoms with Gasteiger partial charge in [-0.2, -0.15) is 0 Å². The van der Waals surface area contributed by atoms with Gasteiger partial charge >= 0.3 is 522 Å². The van der Waals surface area contributed by atoms with Gasteiger partial charge in [0.15, 0.2) is 23.1 Å². The van der Waals surface area contributed by atoms with Gasteiger partial charge < -0.3 is 20.4 Å². The van der Waals surface area contributed by atoms with E-state index in [4.69, 9.17) is 18.9 Å². The quantitative estimate of drug-likeness (QED) is 0.0137. The number of carbonyl (C=O) groups excluding carboxylic acids is 4. The molecular formula is C124H160Ir4N4O12Se4-4. The van der Waals surface area contributed by atoms with E-state index in [1.807, 2.05) is 267 Å². The zero-order chi connectivity index (χ0) is 108. The van der Waals surface area contributed by atoms with Crippen LogP contribution in [-0.2, 0) is 99.6 Å². The van der Waals surface area contributed by atoms with Crippen LogP contribution in [0.2, 0.25) is 0 Å². The van der Waals surface area contributed by atoms with Crippen LogP contribution in [0.25, 0.3) is 48.6 Å². The molecule has 0 atom stereocenters.